The maximum Gasteiger partial charge on any atom is 0.186 e. The van der Waals surface area contributed by atoms with E-state index in [1.807, 2.05) is 0 Å². The highest BCUT2D eigenvalue weighted by Gasteiger charge is 2.48. The van der Waals surface area contributed by atoms with Gasteiger partial charge in [-0.3, -0.25) is 0 Å². The van der Waals surface area contributed by atoms with Crippen molar-refractivity contribution in [2.24, 2.45) is 22.9 Å². The van der Waals surface area contributed by atoms with Gasteiger partial charge in [0.15, 0.2) is 12.6 Å². The molecule has 0 amide bonds. The summed E-state index contributed by atoms with van der Waals surface area (Å²) in [6.07, 6.45) is -14.5. The van der Waals surface area contributed by atoms with Gasteiger partial charge in [-0.2, -0.15) is 0 Å². The summed E-state index contributed by atoms with van der Waals surface area (Å²) in [5, 5.41) is 60.5. The van der Waals surface area contributed by atoms with Crippen LogP contribution in [0.5, 0.6) is 0 Å². The van der Waals surface area contributed by atoms with Crippen LogP contribution < -0.4 is 22.9 Å². The molecule has 188 valence electrons. The number of hydrogen-bond acceptors (Lipinski definition) is 14. The molecule has 0 bridgehead atoms. The lowest BCUT2D eigenvalue weighted by Gasteiger charge is -2.46. The Bertz CT molecular complexity index is 556. The lowest BCUT2D eigenvalue weighted by molar-refractivity contribution is -0.323. The third kappa shape index (κ3) is 5.24. The van der Waals surface area contributed by atoms with Gasteiger partial charge in [0.05, 0.1) is 12.2 Å². The molecule has 14 N–H and O–H groups in total. The Morgan fingerprint density at radius 3 is 1.31 bits per heavy atom. The van der Waals surface area contributed by atoms with Crippen LogP contribution in [-0.2, 0) is 18.9 Å². The van der Waals surface area contributed by atoms with E-state index in [9.17, 15) is 30.6 Å². The molecule has 3 fully saturated rings. The highest BCUT2D eigenvalue weighted by atomic mass is 16.7. The minimum Gasteiger partial charge on any atom is -0.388 e. The Balaban J connectivity index is 1.66. The Hall–Kier alpha value is -0.560. The van der Waals surface area contributed by atoms with Gasteiger partial charge in [0.25, 0.3) is 0 Å². The molecule has 3 aliphatic rings. The normalized spacial score (nSPS) is 52.7. The van der Waals surface area contributed by atoms with Crippen LogP contribution in [0.25, 0.3) is 0 Å². The van der Waals surface area contributed by atoms with Gasteiger partial charge in [0.1, 0.15) is 48.8 Å². The Kier molecular flexibility index (Phi) is 8.79. The second-order valence-electron chi connectivity index (χ2n) is 8.65. The summed E-state index contributed by atoms with van der Waals surface area (Å²) in [5.41, 5.74) is 23.4. The number of rotatable bonds is 6. The highest BCUT2D eigenvalue weighted by Crippen LogP contribution is 2.31. The zero-order valence-electron chi connectivity index (χ0n) is 17.5. The SMILES string of the molecule is NC[C@@H]1O[C@@H](O[C@@H]2C[C@@H](O[C@@H]3O[C@H](CN)[C@@H](O)[C@H](O)[C@H]3O)[C@H](N)C[C@H]2N)[C@@H](O)[C@H](O)[C@H]1O. The van der Waals surface area contributed by atoms with E-state index in [1.165, 1.54) is 0 Å². The molecule has 0 aromatic carbocycles. The average molecular weight is 469 g/mol. The largest absolute Gasteiger partial charge is 0.388 e. The van der Waals surface area contributed by atoms with E-state index in [-0.39, 0.29) is 25.9 Å². The first kappa shape index (κ1) is 26.1. The van der Waals surface area contributed by atoms with Gasteiger partial charge in [0.2, 0.25) is 0 Å². The predicted molar refractivity (Wildman–Crippen MR) is 106 cm³/mol. The second-order valence-corrected chi connectivity index (χ2v) is 8.65. The molecule has 32 heavy (non-hydrogen) atoms. The smallest absolute Gasteiger partial charge is 0.186 e. The molecule has 0 radical (unpaired) electrons. The van der Waals surface area contributed by atoms with Crippen molar-refractivity contribution >= 4 is 0 Å². The fraction of sp³-hybridized carbons (Fsp3) is 1.00. The van der Waals surface area contributed by atoms with Crippen molar-refractivity contribution in [3.05, 3.63) is 0 Å². The van der Waals surface area contributed by atoms with E-state index in [0.29, 0.717) is 0 Å². The number of aliphatic hydroxyl groups excluding tert-OH is 6. The number of ether oxygens (including phenoxy) is 4. The van der Waals surface area contributed by atoms with E-state index in [4.69, 9.17) is 41.9 Å². The van der Waals surface area contributed by atoms with Crippen LogP contribution in [0.4, 0.5) is 0 Å². The number of hydrogen-bond donors (Lipinski definition) is 10. The van der Waals surface area contributed by atoms with Crippen LogP contribution in [0.2, 0.25) is 0 Å². The van der Waals surface area contributed by atoms with E-state index in [0.717, 1.165) is 0 Å². The first-order chi connectivity index (χ1) is 15.1. The summed E-state index contributed by atoms with van der Waals surface area (Å²) in [7, 11) is 0. The van der Waals surface area contributed by atoms with Gasteiger partial charge >= 0.3 is 0 Å². The second kappa shape index (κ2) is 10.8. The molecule has 2 aliphatic heterocycles. The minimum absolute atomic E-state index is 0.106. The number of nitrogens with two attached hydrogens (primary N) is 4. The molecule has 14 nitrogen and oxygen atoms in total. The van der Waals surface area contributed by atoms with Crippen LogP contribution in [0.3, 0.4) is 0 Å². The third-order valence-corrected chi connectivity index (χ3v) is 6.38. The van der Waals surface area contributed by atoms with Crippen molar-refractivity contribution in [3.63, 3.8) is 0 Å². The van der Waals surface area contributed by atoms with Crippen molar-refractivity contribution < 1.29 is 49.6 Å². The molecule has 0 spiro atoms. The van der Waals surface area contributed by atoms with Crippen molar-refractivity contribution in [1.29, 1.82) is 0 Å². The molecule has 2 heterocycles. The van der Waals surface area contributed by atoms with Gasteiger partial charge in [-0.25, -0.2) is 0 Å². The zero-order valence-corrected chi connectivity index (χ0v) is 17.5. The molecular weight excluding hydrogens is 432 g/mol. The maximum absolute atomic E-state index is 10.2. The van der Waals surface area contributed by atoms with E-state index in [1.54, 1.807) is 0 Å². The average Bonchev–Trinajstić information content (AvgIpc) is 2.77. The third-order valence-electron chi connectivity index (χ3n) is 6.38. The van der Waals surface area contributed by atoms with Gasteiger partial charge in [-0.15, -0.1) is 0 Å². The Morgan fingerprint density at radius 2 is 0.969 bits per heavy atom. The molecule has 3 rings (SSSR count). The molecule has 0 unspecified atom stereocenters. The Morgan fingerprint density at radius 1 is 0.594 bits per heavy atom. The number of aliphatic hydroxyl groups is 6. The lowest BCUT2D eigenvalue weighted by Crippen LogP contribution is -2.64. The van der Waals surface area contributed by atoms with Crippen LogP contribution in [0, 0.1) is 0 Å². The molecule has 1 saturated carbocycles. The summed E-state index contributed by atoms with van der Waals surface area (Å²) in [6.45, 7) is -0.211. The van der Waals surface area contributed by atoms with E-state index in [2.05, 4.69) is 0 Å². The van der Waals surface area contributed by atoms with Crippen molar-refractivity contribution in [2.45, 2.75) is 98.5 Å². The van der Waals surface area contributed by atoms with Gasteiger partial charge in [-0.1, -0.05) is 0 Å². The molecular formula is C18H36N4O10. The van der Waals surface area contributed by atoms with Gasteiger partial charge < -0.3 is 72.5 Å². The van der Waals surface area contributed by atoms with Crippen LogP contribution >= 0.6 is 0 Å². The Labute approximate surface area is 185 Å². The summed E-state index contributed by atoms with van der Waals surface area (Å²) in [4.78, 5) is 0. The molecule has 14 heteroatoms. The summed E-state index contributed by atoms with van der Waals surface area (Å²) < 4.78 is 22.6. The molecule has 0 aromatic rings. The van der Waals surface area contributed by atoms with Crippen LogP contribution in [-0.4, -0.2) is 129 Å². The fourth-order valence-corrected chi connectivity index (χ4v) is 4.30. The van der Waals surface area contributed by atoms with Gasteiger partial charge in [0, 0.05) is 31.6 Å². The lowest BCUT2D eigenvalue weighted by atomic mass is 9.86. The van der Waals surface area contributed by atoms with E-state index < -0.39 is 85.7 Å². The topological polar surface area (TPSA) is 262 Å². The summed E-state index contributed by atoms with van der Waals surface area (Å²) in [5.74, 6) is 0. The molecule has 2 saturated heterocycles. The summed E-state index contributed by atoms with van der Waals surface area (Å²) in [6, 6.07) is -1.13. The van der Waals surface area contributed by atoms with Crippen LogP contribution in [0.1, 0.15) is 12.8 Å². The van der Waals surface area contributed by atoms with Crippen molar-refractivity contribution in [1.82, 2.24) is 0 Å². The molecule has 1 aliphatic carbocycles. The monoisotopic (exact) mass is 468 g/mol. The zero-order chi connectivity index (χ0) is 23.7. The highest BCUT2D eigenvalue weighted by molar-refractivity contribution is 4.96. The van der Waals surface area contributed by atoms with E-state index >= 15 is 0 Å². The fourth-order valence-electron chi connectivity index (χ4n) is 4.30. The first-order valence-electron chi connectivity index (χ1n) is 10.7. The first-order valence-corrected chi connectivity index (χ1v) is 10.7. The molecule has 0 aromatic heterocycles. The van der Waals surface area contributed by atoms with Crippen molar-refractivity contribution in [2.75, 3.05) is 13.1 Å². The maximum atomic E-state index is 10.2. The quantitative estimate of drug-likeness (QED) is 0.174. The van der Waals surface area contributed by atoms with Gasteiger partial charge in [-0.05, 0) is 6.42 Å². The standard InChI is InChI=1S/C18H36N4O10/c19-3-9-11(23)13(25)15(27)17(31-9)29-7-2-8(6(22)1-5(7)21)30-18-16(28)14(26)12(24)10(4-20)32-18/h5-18,23-28H,1-4,19-22H2/t5-,6-,7-,8-,9-,10+,11-,12+,13+,14-,15-,16+,17-,18-/m1/s1. The van der Waals surface area contributed by atoms with Crippen molar-refractivity contribution in [3.8, 4) is 0 Å². The van der Waals surface area contributed by atoms with Crippen LogP contribution in [0.15, 0.2) is 0 Å². The predicted octanol–water partition coefficient (Wildman–Crippen LogP) is -6.26. The minimum atomic E-state index is -1.54. The molecule has 14 atom stereocenters. The summed E-state index contributed by atoms with van der Waals surface area (Å²) >= 11 is 0.